The van der Waals surface area contributed by atoms with Crippen molar-refractivity contribution in [3.05, 3.63) is 101 Å². The van der Waals surface area contributed by atoms with E-state index in [1.54, 1.807) is 0 Å². The highest BCUT2D eigenvalue weighted by Gasteiger charge is 2.33. The molecule has 0 aliphatic heterocycles. The molecular formula is C33H40F3N3O4S. The summed E-state index contributed by atoms with van der Waals surface area (Å²) < 4.78 is 66.1. The molecule has 0 aliphatic carbocycles. The maximum absolute atomic E-state index is 13.9. The Labute approximate surface area is 258 Å². The lowest BCUT2D eigenvalue weighted by atomic mass is 10.0. The molecule has 0 saturated heterocycles. The van der Waals surface area contributed by atoms with Crippen LogP contribution >= 0.6 is 0 Å². The molecule has 2 amide bonds. The van der Waals surface area contributed by atoms with Gasteiger partial charge in [-0.05, 0) is 56.0 Å². The highest BCUT2D eigenvalue weighted by atomic mass is 32.2. The Morgan fingerprint density at radius 3 is 2.20 bits per heavy atom. The zero-order valence-corrected chi connectivity index (χ0v) is 26.3. The number of halogens is 3. The largest absolute Gasteiger partial charge is 0.416 e. The number of nitrogens with zero attached hydrogens (tertiary/aromatic N) is 2. The number of rotatable bonds is 14. The number of carbonyl (C=O) groups is 2. The van der Waals surface area contributed by atoms with Crippen molar-refractivity contribution in [1.29, 1.82) is 0 Å². The lowest BCUT2D eigenvalue weighted by Crippen LogP contribution is -2.52. The number of amides is 2. The van der Waals surface area contributed by atoms with Gasteiger partial charge in [0.15, 0.2) is 0 Å². The van der Waals surface area contributed by atoms with Crippen LogP contribution in [0.4, 0.5) is 18.9 Å². The Bertz CT molecular complexity index is 1510. The number of carbonyl (C=O) groups excluding carboxylic acids is 2. The van der Waals surface area contributed by atoms with Crippen LogP contribution in [0, 0.1) is 6.92 Å². The van der Waals surface area contributed by atoms with Crippen molar-refractivity contribution < 1.29 is 31.2 Å². The van der Waals surface area contributed by atoms with E-state index in [0.29, 0.717) is 6.42 Å². The lowest BCUT2D eigenvalue weighted by Gasteiger charge is -2.33. The zero-order valence-electron chi connectivity index (χ0n) is 25.5. The van der Waals surface area contributed by atoms with Gasteiger partial charge in [0.05, 0.1) is 17.5 Å². The van der Waals surface area contributed by atoms with Crippen LogP contribution in [0.5, 0.6) is 0 Å². The minimum atomic E-state index is -4.64. The molecule has 0 heterocycles. The first-order valence-corrected chi connectivity index (χ1v) is 16.4. The Morgan fingerprint density at radius 1 is 0.932 bits per heavy atom. The van der Waals surface area contributed by atoms with E-state index in [-0.39, 0.29) is 55.9 Å². The monoisotopic (exact) mass is 631 g/mol. The van der Waals surface area contributed by atoms with Gasteiger partial charge in [-0.3, -0.25) is 13.9 Å². The number of nitrogens with one attached hydrogen (secondary N) is 1. The van der Waals surface area contributed by atoms with Crippen molar-refractivity contribution >= 4 is 27.5 Å². The molecule has 0 fully saturated rings. The van der Waals surface area contributed by atoms with E-state index in [9.17, 15) is 31.2 Å². The van der Waals surface area contributed by atoms with Crippen LogP contribution in [0.15, 0.2) is 78.9 Å². The van der Waals surface area contributed by atoms with E-state index >= 15 is 0 Å². The van der Waals surface area contributed by atoms with Gasteiger partial charge in [-0.15, -0.1) is 0 Å². The molecule has 0 aliphatic rings. The topological polar surface area (TPSA) is 86.8 Å². The summed E-state index contributed by atoms with van der Waals surface area (Å²) in [7, 11) is -3.96. The van der Waals surface area contributed by atoms with Crippen LogP contribution in [0.3, 0.4) is 0 Å². The quantitative estimate of drug-likeness (QED) is 0.233. The summed E-state index contributed by atoms with van der Waals surface area (Å²) in [6.07, 6.45) is -2.87. The van der Waals surface area contributed by atoms with Crippen molar-refractivity contribution in [2.75, 3.05) is 17.1 Å². The van der Waals surface area contributed by atoms with Crippen LogP contribution in [0.1, 0.15) is 55.4 Å². The number of alkyl halides is 3. The van der Waals surface area contributed by atoms with Crippen LogP contribution < -0.4 is 9.62 Å². The summed E-state index contributed by atoms with van der Waals surface area (Å²) in [5.74, 6) is -0.671. The summed E-state index contributed by atoms with van der Waals surface area (Å²) in [6, 6.07) is 20.1. The highest BCUT2D eigenvalue weighted by molar-refractivity contribution is 7.92. The molecule has 2 atom stereocenters. The van der Waals surface area contributed by atoms with E-state index in [2.05, 4.69) is 5.32 Å². The first-order valence-electron chi connectivity index (χ1n) is 14.5. The molecule has 3 aromatic rings. The second-order valence-electron chi connectivity index (χ2n) is 11.0. The Morgan fingerprint density at radius 2 is 1.59 bits per heavy atom. The minimum Gasteiger partial charge on any atom is -0.352 e. The molecule has 11 heteroatoms. The summed E-state index contributed by atoms with van der Waals surface area (Å²) in [6.45, 7) is 5.70. The van der Waals surface area contributed by atoms with Gasteiger partial charge < -0.3 is 10.2 Å². The van der Waals surface area contributed by atoms with Gasteiger partial charge in [0.25, 0.3) is 0 Å². The molecule has 44 heavy (non-hydrogen) atoms. The van der Waals surface area contributed by atoms with Crippen LogP contribution in [-0.4, -0.2) is 50.0 Å². The van der Waals surface area contributed by atoms with Gasteiger partial charge in [-0.2, -0.15) is 13.2 Å². The number of benzene rings is 3. The number of aryl methyl sites for hydroxylation is 1. The fourth-order valence-corrected chi connectivity index (χ4v) is 5.80. The Kier molecular flexibility index (Phi) is 12.0. The number of hydrogen-bond acceptors (Lipinski definition) is 4. The predicted octanol–water partition coefficient (Wildman–Crippen LogP) is 6.11. The Hall–Kier alpha value is -3.86. The van der Waals surface area contributed by atoms with E-state index < -0.39 is 27.8 Å². The smallest absolute Gasteiger partial charge is 0.352 e. The zero-order chi connectivity index (χ0) is 32.5. The SMILES string of the molecule is CC[C@@H](C)NC(=O)[C@H](Cc1ccccc1)N(Cc1cccc(C)c1)C(=O)CCCN(c1cccc(C(F)(F)F)c1)S(C)(=O)=O. The molecule has 0 aromatic heterocycles. The number of sulfonamides is 1. The van der Waals surface area contributed by atoms with Crippen LogP contribution in [0.2, 0.25) is 0 Å². The van der Waals surface area contributed by atoms with Gasteiger partial charge in [0, 0.05) is 32.0 Å². The average Bonchev–Trinajstić information content (AvgIpc) is 2.96. The van der Waals surface area contributed by atoms with Gasteiger partial charge in [0.1, 0.15) is 6.04 Å². The maximum atomic E-state index is 13.9. The molecule has 0 unspecified atom stereocenters. The van der Waals surface area contributed by atoms with Crippen molar-refractivity contribution in [1.82, 2.24) is 10.2 Å². The second kappa shape index (κ2) is 15.2. The molecule has 0 radical (unpaired) electrons. The molecule has 3 rings (SSSR count). The molecular weight excluding hydrogens is 591 g/mol. The summed E-state index contributed by atoms with van der Waals surface area (Å²) >= 11 is 0. The van der Waals surface area contributed by atoms with Crippen LogP contribution in [0.25, 0.3) is 0 Å². The fourth-order valence-electron chi connectivity index (χ4n) is 4.84. The van der Waals surface area contributed by atoms with Crippen molar-refractivity contribution in [2.45, 2.75) is 71.3 Å². The van der Waals surface area contributed by atoms with Gasteiger partial charge in [-0.25, -0.2) is 8.42 Å². The second-order valence-corrected chi connectivity index (χ2v) is 12.9. The van der Waals surface area contributed by atoms with E-state index in [4.69, 9.17) is 0 Å². The lowest BCUT2D eigenvalue weighted by molar-refractivity contribution is -0.141. The molecule has 3 aromatic carbocycles. The normalized spacial score (nSPS) is 13.2. The predicted molar refractivity (Wildman–Crippen MR) is 166 cm³/mol. The fraction of sp³-hybridized carbons (Fsp3) is 0.394. The van der Waals surface area contributed by atoms with E-state index in [1.165, 1.54) is 11.0 Å². The third-order valence-electron chi connectivity index (χ3n) is 7.32. The van der Waals surface area contributed by atoms with E-state index in [0.717, 1.165) is 45.5 Å². The summed E-state index contributed by atoms with van der Waals surface area (Å²) in [5, 5.41) is 3.00. The van der Waals surface area contributed by atoms with Crippen molar-refractivity contribution in [3.8, 4) is 0 Å². The van der Waals surface area contributed by atoms with E-state index in [1.807, 2.05) is 75.4 Å². The molecule has 0 spiro atoms. The summed E-state index contributed by atoms with van der Waals surface area (Å²) in [5.41, 5.74) is 1.57. The first kappa shape index (κ1) is 34.6. The minimum absolute atomic E-state index is 0.0253. The molecule has 0 saturated carbocycles. The third kappa shape index (κ3) is 10.1. The average molecular weight is 632 g/mol. The number of anilines is 1. The van der Waals surface area contributed by atoms with Gasteiger partial charge in [-0.1, -0.05) is 73.2 Å². The van der Waals surface area contributed by atoms with Gasteiger partial charge >= 0.3 is 6.18 Å². The molecule has 7 nitrogen and oxygen atoms in total. The number of hydrogen-bond donors (Lipinski definition) is 1. The maximum Gasteiger partial charge on any atom is 0.416 e. The molecule has 0 bridgehead atoms. The van der Waals surface area contributed by atoms with Crippen molar-refractivity contribution in [3.63, 3.8) is 0 Å². The third-order valence-corrected chi connectivity index (χ3v) is 8.52. The summed E-state index contributed by atoms with van der Waals surface area (Å²) in [4.78, 5) is 29.1. The van der Waals surface area contributed by atoms with Crippen LogP contribution in [-0.2, 0) is 38.8 Å². The highest BCUT2D eigenvalue weighted by Crippen LogP contribution is 2.32. The first-order chi connectivity index (χ1) is 20.7. The molecule has 238 valence electrons. The van der Waals surface area contributed by atoms with Gasteiger partial charge in [0.2, 0.25) is 21.8 Å². The van der Waals surface area contributed by atoms with Crippen molar-refractivity contribution in [2.24, 2.45) is 0 Å². The molecule has 1 N–H and O–H groups in total. The Balaban J connectivity index is 1.91. The standard InChI is InChI=1S/C33H40F3N3O4S/c1-5-25(3)37-32(41)30(21-26-13-7-6-8-14-26)38(23-27-15-9-12-24(2)20-27)31(40)18-11-19-39(44(4,42)43)29-17-10-16-28(22-29)33(34,35)36/h6-10,12-17,20,22,25,30H,5,11,18-19,21,23H2,1-4H3,(H,37,41)/t25-,30+/m1/s1.